The van der Waals surface area contributed by atoms with Crippen molar-refractivity contribution in [1.29, 1.82) is 0 Å². The van der Waals surface area contributed by atoms with Crippen molar-refractivity contribution in [3.05, 3.63) is 77.9 Å². The van der Waals surface area contributed by atoms with E-state index in [-0.39, 0.29) is 10.7 Å². The fourth-order valence-electron chi connectivity index (χ4n) is 5.26. The van der Waals surface area contributed by atoms with Crippen molar-refractivity contribution < 1.29 is 27.5 Å². The van der Waals surface area contributed by atoms with Crippen LogP contribution in [0, 0.1) is 6.92 Å². The van der Waals surface area contributed by atoms with Gasteiger partial charge in [0.15, 0.2) is 21.2 Å². The summed E-state index contributed by atoms with van der Waals surface area (Å²) in [5, 5.41) is 0. The number of ketones is 1. The highest BCUT2D eigenvalue weighted by atomic mass is 32.2. The predicted octanol–water partition coefficient (Wildman–Crippen LogP) is 5.77. The average molecular weight is 505 g/mol. The minimum Gasteiger partial charge on any atom is -0.457 e. The van der Waals surface area contributed by atoms with Crippen LogP contribution in [0.3, 0.4) is 0 Å². The molecule has 3 aromatic carbocycles. The molecule has 1 atom stereocenters. The molecule has 3 aromatic rings. The van der Waals surface area contributed by atoms with Gasteiger partial charge in [-0.1, -0.05) is 42.8 Å². The Morgan fingerprint density at radius 1 is 0.917 bits per heavy atom. The number of benzene rings is 3. The second kappa shape index (κ2) is 9.21. The number of rotatable bonds is 5. The Kier molecular flexibility index (Phi) is 6.20. The maximum Gasteiger partial charge on any atom is 0.322 e. The van der Waals surface area contributed by atoms with Gasteiger partial charge < -0.3 is 9.47 Å². The molecule has 0 bridgehead atoms. The number of aryl methyl sites for hydroxylation is 1. The van der Waals surface area contributed by atoms with E-state index >= 15 is 0 Å². The third kappa shape index (κ3) is 4.44. The second-order valence-electron chi connectivity index (χ2n) is 9.69. The summed E-state index contributed by atoms with van der Waals surface area (Å²) in [4.78, 5) is 27.0. The molecule has 0 N–H and O–H groups in total. The fourth-order valence-corrected chi connectivity index (χ4v) is 5.92. The van der Waals surface area contributed by atoms with Crippen LogP contribution in [0.5, 0.6) is 11.5 Å². The Morgan fingerprint density at radius 2 is 1.64 bits per heavy atom. The van der Waals surface area contributed by atoms with Gasteiger partial charge in [0.05, 0.1) is 4.90 Å². The van der Waals surface area contributed by atoms with Gasteiger partial charge in [0.25, 0.3) is 0 Å². The van der Waals surface area contributed by atoms with E-state index in [0.29, 0.717) is 35.5 Å². The van der Waals surface area contributed by atoms with Gasteiger partial charge in [-0.2, -0.15) is 0 Å². The van der Waals surface area contributed by atoms with Crippen LogP contribution >= 0.6 is 0 Å². The molecule has 1 saturated carbocycles. The van der Waals surface area contributed by atoms with Crippen molar-refractivity contribution in [2.24, 2.45) is 0 Å². The molecule has 1 unspecified atom stereocenters. The Morgan fingerprint density at radius 3 is 2.33 bits per heavy atom. The summed E-state index contributed by atoms with van der Waals surface area (Å²) in [6, 6.07) is 19.4. The zero-order valence-corrected chi connectivity index (χ0v) is 21.1. The molecular formula is C29H28O6S. The number of ether oxygens (including phenoxy) is 2. The highest BCUT2D eigenvalue weighted by molar-refractivity contribution is 7.90. The van der Waals surface area contributed by atoms with Gasteiger partial charge in [-0.15, -0.1) is 0 Å². The largest absolute Gasteiger partial charge is 0.457 e. The summed E-state index contributed by atoms with van der Waals surface area (Å²) < 4.78 is 36.3. The molecule has 1 aliphatic heterocycles. The molecule has 0 aromatic heterocycles. The molecule has 6 nitrogen and oxygen atoms in total. The van der Waals surface area contributed by atoms with E-state index in [0.717, 1.165) is 30.4 Å². The van der Waals surface area contributed by atoms with Gasteiger partial charge >= 0.3 is 5.97 Å². The summed E-state index contributed by atoms with van der Waals surface area (Å²) >= 11 is 0. The van der Waals surface area contributed by atoms with Crippen LogP contribution in [-0.2, 0) is 24.2 Å². The van der Waals surface area contributed by atoms with E-state index < -0.39 is 27.3 Å². The van der Waals surface area contributed by atoms with Crippen LogP contribution in [0.1, 0.15) is 49.1 Å². The number of carbonyl (C=O) groups excluding carboxylic acids is 2. The molecule has 1 heterocycles. The number of esters is 1. The van der Waals surface area contributed by atoms with Crippen LogP contribution in [0.15, 0.2) is 71.6 Å². The molecule has 2 fully saturated rings. The van der Waals surface area contributed by atoms with Crippen molar-refractivity contribution in [2.75, 3.05) is 6.26 Å². The van der Waals surface area contributed by atoms with Crippen molar-refractivity contribution >= 4 is 21.6 Å². The predicted molar refractivity (Wildman–Crippen MR) is 136 cm³/mol. The first kappa shape index (κ1) is 24.3. The Labute approximate surface area is 211 Å². The first-order chi connectivity index (χ1) is 17.2. The molecular weight excluding hydrogens is 476 g/mol. The number of sulfone groups is 1. The average Bonchev–Trinajstić information content (AvgIpc) is 3.09. The maximum atomic E-state index is 13.7. The number of para-hydroxylation sites is 1. The molecule has 36 heavy (non-hydrogen) atoms. The van der Waals surface area contributed by atoms with Crippen LogP contribution in [0.2, 0.25) is 0 Å². The highest BCUT2D eigenvalue weighted by Gasteiger charge is 2.56. The van der Waals surface area contributed by atoms with Crippen molar-refractivity contribution in [1.82, 2.24) is 0 Å². The minimum absolute atomic E-state index is 0.198. The third-order valence-electron chi connectivity index (χ3n) is 7.12. The normalized spacial score (nSPS) is 19.3. The lowest BCUT2D eigenvalue weighted by atomic mass is 9.77. The van der Waals surface area contributed by atoms with Crippen molar-refractivity contribution in [2.45, 2.75) is 55.4 Å². The summed E-state index contributed by atoms with van der Waals surface area (Å²) in [5.74, 6) is -0.862. The zero-order valence-electron chi connectivity index (χ0n) is 20.3. The van der Waals surface area contributed by atoms with Crippen LogP contribution in [-0.4, -0.2) is 32.0 Å². The van der Waals surface area contributed by atoms with E-state index in [4.69, 9.17) is 9.47 Å². The van der Waals surface area contributed by atoms with Gasteiger partial charge in [0.2, 0.25) is 0 Å². The number of hydrogen-bond acceptors (Lipinski definition) is 6. The molecule has 1 spiro atoms. The summed E-state index contributed by atoms with van der Waals surface area (Å²) in [6.07, 6.45) is 5.02. The van der Waals surface area contributed by atoms with Gasteiger partial charge in [-0.3, -0.25) is 9.59 Å². The Bertz CT molecular complexity index is 1440. The quantitative estimate of drug-likeness (QED) is 0.324. The lowest BCUT2D eigenvalue weighted by Crippen LogP contribution is -2.39. The lowest BCUT2D eigenvalue weighted by molar-refractivity contribution is -0.154. The summed E-state index contributed by atoms with van der Waals surface area (Å²) in [7, 11) is -3.39. The Balaban J connectivity index is 1.64. The van der Waals surface area contributed by atoms with Crippen LogP contribution in [0.4, 0.5) is 0 Å². The number of hydrogen-bond donors (Lipinski definition) is 0. The summed E-state index contributed by atoms with van der Waals surface area (Å²) in [6.45, 7) is 1.87. The third-order valence-corrected chi connectivity index (χ3v) is 8.23. The standard InChI is InChI=1S/C29H28O6S/c1-19-16-24(26-27(30)29(35-28(26)31)14-7-4-8-15-29)25(34-21-11-5-3-6-12-21)18-23(19)20-10-9-13-22(17-20)36(2,32)33/h3,5-6,9-13,16-18,26H,4,7-8,14-15H2,1-2H3. The van der Waals surface area contributed by atoms with Gasteiger partial charge in [-0.25, -0.2) is 8.42 Å². The second-order valence-corrected chi connectivity index (χ2v) is 11.7. The van der Waals surface area contributed by atoms with Crippen molar-refractivity contribution in [3.8, 4) is 22.6 Å². The zero-order chi connectivity index (χ0) is 25.5. The highest BCUT2D eigenvalue weighted by Crippen LogP contribution is 2.47. The molecule has 0 radical (unpaired) electrons. The Hall–Kier alpha value is -3.45. The maximum absolute atomic E-state index is 13.7. The molecule has 186 valence electrons. The smallest absolute Gasteiger partial charge is 0.322 e. The fraction of sp³-hybridized carbons (Fsp3) is 0.310. The first-order valence-electron chi connectivity index (χ1n) is 12.1. The molecule has 1 saturated heterocycles. The van der Waals surface area contributed by atoms with E-state index in [2.05, 4.69) is 0 Å². The van der Waals surface area contributed by atoms with E-state index in [1.165, 1.54) is 6.26 Å². The van der Waals surface area contributed by atoms with Crippen molar-refractivity contribution in [3.63, 3.8) is 0 Å². The van der Waals surface area contributed by atoms with Gasteiger partial charge in [-0.05, 0) is 79.6 Å². The number of carbonyl (C=O) groups is 2. The SMILES string of the molecule is Cc1cc(C2C(=O)OC3(CCCCC3)C2=O)c(Oc2ccccc2)cc1-c1cccc(S(C)(=O)=O)c1. The van der Waals surface area contributed by atoms with E-state index in [9.17, 15) is 18.0 Å². The van der Waals surface area contributed by atoms with Gasteiger partial charge in [0.1, 0.15) is 17.4 Å². The lowest BCUT2D eigenvalue weighted by Gasteiger charge is -2.30. The molecule has 0 amide bonds. The molecule has 7 heteroatoms. The van der Waals surface area contributed by atoms with E-state index in [1.54, 1.807) is 42.5 Å². The summed E-state index contributed by atoms with van der Waals surface area (Å²) in [5.41, 5.74) is 1.67. The molecule has 2 aliphatic rings. The monoisotopic (exact) mass is 504 g/mol. The van der Waals surface area contributed by atoms with Gasteiger partial charge in [0, 0.05) is 11.8 Å². The first-order valence-corrected chi connectivity index (χ1v) is 14.0. The van der Waals surface area contributed by atoms with Crippen LogP contribution < -0.4 is 4.74 Å². The molecule has 5 rings (SSSR count). The topological polar surface area (TPSA) is 86.7 Å². The molecule has 1 aliphatic carbocycles. The number of Topliss-reactive ketones (excluding diaryl/α,β-unsaturated/α-hetero) is 1. The van der Waals surface area contributed by atoms with Crippen LogP contribution in [0.25, 0.3) is 11.1 Å². The van der Waals surface area contributed by atoms with E-state index in [1.807, 2.05) is 31.2 Å². The minimum atomic E-state index is -3.39.